The third kappa shape index (κ3) is 2.18. The second-order valence-electron chi connectivity index (χ2n) is 6.59. The summed E-state index contributed by atoms with van der Waals surface area (Å²) in [7, 11) is 0. The van der Waals surface area contributed by atoms with Crippen LogP contribution in [0.2, 0.25) is 0 Å². The van der Waals surface area contributed by atoms with Crippen LogP contribution >= 0.6 is 0 Å². The van der Waals surface area contributed by atoms with Gasteiger partial charge >= 0.3 is 0 Å². The molecular weight excluding hydrogens is 294 g/mol. The Hall–Kier alpha value is -2.16. The highest BCUT2D eigenvalue weighted by Crippen LogP contribution is 2.38. The number of allylic oxidation sites excluding steroid dienone is 2. The summed E-state index contributed by atoms with van der Waals surface area (Å²) in [5, 5.41) is 1.25. The lowest BCUT2D eigenvalue weighted by atomic mass is 9.87. The SMILES string of the molecule is Cc1ccc2c(oc3c(F)c(C4=CCC(C)CC4)ccc32)c1F. The van der Waals surface area contributed by atoms with Gasteiger partial charge in [0, 0.05) is 16.3 Å². The summed E-state index contributed by atoms with van der Waals surface area (Å²) in [5.41, 5.74) is 2.41. The van der Waals surface area contributed by atoms with Crippen LogP contribution in [-0.4, -0.2) is 0 Å². The van der Waals surface area contributed by atoms with Gasteiger partial charge in [-0.25, -0.2) is 8.78 Å². The van der Waals surface area contributed by atoms with E-state index in [2.05, 4.69) is 13.0 Å². The fraction of sp³-hybridized carbons (Fsp3) is 0.300. The zero-order chi connectivity index (χ0) is 16.1. The van der Waals surface area contributed by atoms with Gasteiger partial charge in [0.05, 0.1) is 0 Å². The zero-order valence-electron chi connectivity index (χ0n) is 13.2. The standard InChI is InChI=1S/C20H18F2O/c1-11-3-6-13(7-4-11)14-9-10-16-15-8-5-12(2)17(21)19(15)23-20(16)18(14)22/h5-6,8-11H,3-4,7H2,1-2H3. The average Bonchev–Trinajstić information content (AvgIpc) is 2.93. The molecule has 3 heteroatoms. The zero-order valence-corrected chi connectivity index (χ0v) is 13.2. The van der Waals surface area contributed by atoms with E-state index in [1.165, 1.54) is 0 Å². The van der Waals surface area contributed by atoms with E-state index >= 15 is 0 Å². The molecule has 1 aliphatic rings. The first-order valence-electron chi connectivity index (χ1n) is 8.05. The molecule has 0 fully saturated rings. The summed E-state index contributed by atoms with van der Waals surface area (Å²) in [4.78, 5) is 0. The maximum atomic E-state index is 15.0. The summed E-state index contributed by atoms with van der Waals surface area (Å²) < 4.78 is 34.8. The van der Waals surface area contributed by atoms with Crippen LogP contribution in [-0.2, 0) is 0 Å². The minimum Gasteiger partial charge on any atom is -0.450 e. The minimum absolute atomic E-state index is 0.141. The fourth-order valence-corrected chi connectivity index (χ4v) is 3.39. The molecule has 1 heterocycles. The lowest BCUT2D eigenvalue weighted by Crippen LogP contribution is -2.02. The highest BCUT2D eigenvalue weighted by Gasteiger charge is 2.20. The molecule has 0 N–H and O–H groups in total. The smallest absolute Gasteiger partial charge is 0.173 e. The third-order valence-corrected chi connectivity index (χ3v) is 4.90. The van der Waals surface area contributed by atoms with Gasteiger partial charge in [0.1, 0.15) is 0 Å². The summed E-state index contributed by atoms with van der Waals surface area (Å²) in [6.07, 6.45) is 5.03. The average molecular weight is 312 g/mol. The third-order valence-electron chi connectivity index (χ3n) is 4.90. The van der Waals surface area contributed by atoms with E-state index in [0.717, 1.165) is 24.8 Å². The van der Waals surface area contributed by atoms with Gasteiger partial charge in [0.25, 0.3) is 0 Å². The highest BCUT2D eigenvalue weighted by atomic mass is 19.1. The van der Waals surface area contributed by atoms with Crippen molar-refractivity contribution in [1.82, 2.24) is 0 Å². The van der Waals surface area contributed by atoms with Crippen LogP contribution in [0.25, 0.3) is 27.5 Å². The number of aryl methyl sites for hydroxylation is 1. The van der Waals surface area contributed by atoms with Gasteiger partial charge in [-0.05, 0) is 49.3 Å². The Kier molecular flexibility index (Phi) is 3.26. The number of furan rings is 1. The van der Waals surface area contributed by atoms with Gasteiger partial charge in [-0.15, -0.1) is 0 Å². The monoisotopic (exact) mass is 312 g/mol. The highest BCUT2D eigenvalue weighted by molar-refractivity contribution is 6.06. The molecule has 0 bridgehead atoms. The minimum atomic E-state index is -0.412. The molecule has 1 aromatic heterocycles. The van der Waals surface area contributed by atoms with Crippen LogP contribution in [0.5, 0.6) is 0 Å². The molecule has 0 saturated carbocycles. The Morgan fingerprint density at radius 2 is 1.70 bits per heavy atom. The Morgan fingerprint density at radius 1 is 1.00 bits per heavy atom. The first-order chi connectivity index (χ1) is 11.1. The van der Waals surface area contributed by atoms with Crippen molar-refractivity contribution in [1.29, 1.82) is 0 Å². The van der Waals surface area contributed by atoms with Crippen molar-refractivity contribution < 1.29 is 13.2 Å². The van der Waals surface area contributed by atoms with Crippen LogP contribution in [0.4, 0.5) is 8.78 Å². The topological polar surface area (TPSA) is 13.1 Å². The van der Waals surface area contributed by atoms with Gasteiger partial charge in [-0.3, -0.25) is 0 Å². The molecule has 4 rings (SSSR count). The van der Waals surface area contributed by atoms with E-state index in [0.29, 0.717) is 27.8 Å². The summed E-state index contributed by atoms with van der Waals surface area (Å²) >= 11 is 0. The van der Waals surface area contributed by atoms with Crippen molar-refractivity contribution in [3.8, 4) is 0 Å². The first-order valence-corrected chi connectivity index (χ1v) is 8.05. The Balaban J connectivity index is 1.95. The van der Waals surface area contributed by atoms with E-state index in [9.17, 15) is 8.78 Å². The molecule has 0 radical (unpaired) electrons. The molecule has 0 spiro atoms. The number of hydrogen-bond donors (Lipinski definition) is 0. The van der Waals surface area contributed by atoms with Crippen molar-refractivity contribution in [3.05, 3.63) is 53.1 Å². The number of rotatable bonds is 1. The fourth-order valence-electron chi connectivity index (χ4n) is 3.39. The number of hydrogen-bond acceptors (Lipinski definition) is 1. The maximum absolute atomic E-state index is 15.0. The predicted octanol–water partition coefficient (Wildman–Crippen LogP) is 6.38. The van der Waals surface area contributed by atoms with E-state index in [-0.39, 0.29) is 17.0 Å². The van der Waals surface area contributed by atoms with Crippen molar-refractivity contribution in [3.63, 3.8) is 0 Å². The quantitative estimate of drug-likeness (QED) is 0.508. The van der Waals surface area contributed by atoms with Crippen LogP contribution in [0.15, 0.2) is 34.8 Å². The molecule has 1 atom stereocenters. The number of halogens is 2. The molecule has 3 aromatic rings. The van der Waals surface area contributed by atoms with Crippen LogP contribution < -0.4 is 0 Å². The Labute approximate surface area is 133 Å². The largest absolute Gasteiger partial charge is 0.450 e. The maximum Gasteiger partial charge on any atom is 0.173 e. The van der Waals surface area contributed by atoms with Crippen LogP contribution in [0.1, 0.15) is 37.3 Å². The molecule has 1 nitrogen and oxygen atoms in total. The van der Waals surface area contributed by atoms with Gasteiger partial charge in [0.15, 0.2) is 22.8 Å². The molecule has 23 heavy (non-hydrogen) atoms. The van der Waals surface area contributed by atoms with Gasteiger partial charge in [0.2, 0.25) is 0 Å². The molecule has 0 aliphatic heterocycles. The Morgan fingerprint density at radius 3 is 2.39 bits per heavy atom. The van der Waals surface area contributed by atoms with E-state index < -0.39 is 5.82 Å². The van der Waals surface area contributed by atoms with E-state index in [1.54, 1.807) is 25.1 Å². The predicted molar refractivity (Wildman–Crippen MR) is 89.4 cm³/mol. The summed E-state index contributed by atoms with van der Waals surface area (Å²) in [6.45, 7) is 3.88. The van der Waals surface area contributed by atoms with Gasteiger partial charge < -0.3 is 4.42 Å². The molecule has 0 saturated heterocycles. The number of benzene rings is 2. The van der Waals surface area contributed by atoms with Gasteiger partial charge in [-0.2, -0.15) is 0 Å². The molecule has 118 valence electrons. The number of fused-ring (bicyclic) bond motifs is 3. The van der Waals surface area contributed by atoms with E-state index in [4.69, 9.17) is 4.42 Å². The lowest BCUT2D eigenvalue weighted by Gasteiger charge is -2.18. The normalized spacial score (nSPS) is 18.6. The molecule has 1 unspecified atom stereocenters. The second kappa shape index (κ2) is 5.19. The van der Waals surface area contributed by atoms with Crippen molar-refractivity contribution in [2.45, 2.75) is 33.1 Å². The van der Waals surface area contributed by atoms with Crippen molar-refractivity contribution >= 4 is 27.5 Å². The summed E-state index contributed by atoms with van der Waals surface area (Å²) in [6, 6.07) is 7.13. The van der Waals surface area contributed by atoms with Crippen LogP contribution in [0.3, 0.4) is 0 Å². The molecule has 1 aliphatic carbocycles. The molecular formula is C20H18F2O. The van der Waals surface area contributed by atoms with Crippen molar-refractivity contribution in [2.75, 3.05) is 0 Å². The summed E-state index contributed by atoms with van der Waals surface area (Å²) in [5.74, 6) is -0.143. The van der Waals surface area contributed by atoms with E-state index in [1.807, 2.05) is 6.07 Å². The molecule has 2 aromatic carbocycles. The van der Waals surface area contributed by atoms with Crippen molar-refractivity contribution in [2.24, 2.45) is 5.92 Å². The first kappa shape index (κ1) is 14.4. The second-order valence-corrected chi connectivity index (χ2v) is 6.59. The Bertz CT molecular complexity index is 949. The van der Waals surface area contributed by atoms with Gasteiger partial charge in [-0.1, -0.05) is 31.2 Å². The lowest BCUT2D eigenvalue weighted by molar-refractivity contribution is 0.529. The van der Waals surface area contributed by atoms with Crippen LogP contribution in [0, 0.1) is 24.5 Å². The molecule has 0 amide bonds.